The molecular formula is C15H30N2O3. The second-order valence-corrected chi connectivity index (χ2v) is 6.82. The molecule has 2 atom stereocenters. The van der Waals surface area contributed by atoms with Gasteiger partial charge in [-0.05, 0) is 53.5 Å². The summed E-state index contributed by atoms with van der Waals surface area (Å²) < 4.78 is 11.1. The summed E-state index contributed by atoms with van der Waals surface area (Å²) >= 11 is 0. The molecule has 5 heteroatoms. The number of likely N-dealkylation sites (tertiary alicyclic amines) is 1. The average Bonchev–Trinajstić information content (AvgIpc) is 2.37. The summed E-state index contributed by atoms with van der Waals surface area (Å²) in [6, 6.07) is 0. The Kier molecular flexibility index (Phi) is 5.83. The van der Waals surface area contributed by atoms with Gasteiger partial charge in [0.15, 0.2) is 0 Å². The van der Waals surface area contributed by atoms with Crippen LogP contribution in [-0.2, 0) is 9.47 Å². The second kappa shape index (κ2) is 6.76. The maximum Gasteiger partial charge on any atom is 0.410 e. The van der Waals surface area contributed by atoms with E-state index in [0.717, 1.165) is 25.8 Å². The number of carbonyl (C=O) groups excluding carboxylic acids is 1. The van der Waals surface area contributed by atoms with Gasteiger partial charge in [-0.3, -0.25) is 0 Å². The number of nitrogens with two attached hydrogens (primary N) is 1. The van der Waals surface area contributed by atoms with Crippen LogP contribution in [0.25, 0.3) is 0 Å². The Morgan fingerprint density at radius 2 is 2.00 bits per heavy atom. The normalized spacial score (nSPS) is 23.3. The number of hydrogen-bond donors (Lipinski definition) is 1. The Hall–Kier alpha value is -0.810. The van der Waals surface area contributed by atoms with Gasteiger partial charge in [0.2, 0.25) is 0 Å². The molecule has 1 heterocycles. The number of piperidine rings is 1. The quantitative estimate of drug-likeness (QED) is 0.862. The van der Waals surface area contributed by atoms with Crippen LogP contribution in [-0.4, -0.2) is 48.9 Å². The summed E-state index contributed by atoms with van der Waals surface area (Å²) in [6.07, 6.45) is 2.61. The highest BCUT2D eigenvalue weighted by atomic mass is 16.6. The number of methoxy groups -OCH3 is 1. The molecule has 1 saturated heterocycles. The lowest BCUT2D eigenvalue weighted by Gasteiger charge is -2.42. The van der Waals surface area contributed by atoms with Crippen LogP contribution in [0.4, 0.5) is 4.79 Å². The number of amides is 1. The van der Waals surface area contributed by atoms with Crippen molar-refractivity contribution in [3.05, 3.63) is 0 Å². The van der Waals surface area contributed by atoms with Crippen molar-refractivity contribution in [2.45, 2.75) is 58.2 Å². The van der Waals surface area contributed by atoms with Gasteiger partial charge in [0, 0.05) is 26.1 Å². The smallest absolute Gasteiger partial charge is 0.410 e. The minimum absolute atomic E-state index is 0.228. The average molecular weight is 286 g/mol. The first-order valence-electron chi connectivity index (χ1n) is 7.45. The molecule has 0 spiro atoms. The molecule has 2 unspecified atom stereocenters. The zero-order valence-electron chi connectivity index (χ0n) is 13.6. The van der Waals surface area contributed by atoms with Gasteiger partial charge in [-0.25, -0.2) is 4.79 Å². The van der Waals surface area contributed by atoms with Crippen LogP contribution in [0.2, 0.25) is 0 Å². The third-order valence-electron chi connectivity index (χ3n) is 4.04. The van der Waals surface area contributed by atoms with E-state index in [0.29, 0.717) is 19.0 Å². The summed E-state index contributed by atoms with van der Waals surface area (Å²) in [7, 11) is 1.72. The summed E-state index contributed by atoms with van der Waals surface area (Å²) in [5, 5.41) is 0. The highest BCUT2D eigenvalue weighted by Gasteiger charge is 2.38. The highest BCUT2D eigenvalue weighted by molar-refractivity contribution is 5.68. The molecular weight excluding hydrogens is 256 g/mol. The lowest BCUT2D eigenvalue weighted by Crippen LogP contribution is -2.50. The van der Waals surface area contributed by atoms with E-state index in [2.05, 4.69) is 6.92 Å². The summed E-state index contributed by atoms with van der Waals surface area (Å²) in [4.78, 5) is 14.0. The highest BCUT2D eigenvalue weighted by Crippen LogP contribution is 2.32. The van der Waals surface area contributed by atoms with Crippen molar-refractivity contribution in [1.82, 2.24) is 4.90 Å². The molecule has 1 fully saturated rings. The fourth-order valence-electron chi connectivity index (χ4n) is 2.73. The zero-order valence-corrected chi connectivity index (χ0v) is 13.6. The third-order valence-corrected chi connectivity index (χ3v) is 4.04. The van der Waals surface area contributed by atoms with E-state index in [1.807, 2.05) is 20.8 Å². The molecule has 0 aromatic rings. The number of ether oxygens (including phenoxy) is 2. The van der Waals surface area contributed by atoms with E-state index in [1.54, 1.807) is 12.0 Å². The van der Waals surface area contributed by atoms with Crippen LogP contribution < -0.4 is 5.73 Å². The Balaban J connectivity index is 2.68. The first kappa shape index (κ1) is 17.2. The number of rotatable bonds is 4. The predicted molar refractivity (Wildman–Crippen MR) is 79.6 cm³/mol. The van der Waals surface area contributed by atoms with Crippen molar-refractivity contribution in [3.8, 4) is 0 Å². The Morgan fingerprint density at radius 1 is 1.35 bits per heavy atom. The van der Waals surface area contributed by atoms with Crippen LogP contribution in [0.3, 0.4) is 0 Å². The molecule has 0 radical (unpaired) electrons. The van der Waals surface area contributed by atoms with Gasteiger partial charge in [-0.1, -0.05) is 0 Å². The minimum Gasteiger partial charge on any atom is -0.444 e. The molecule has 1 aliphatic rings. The molecule has 1 aliphatic heterocycles. The van der Waals surface area contributed by atoms with E-state index in [9.17, 15) is 4.79 Å². The molecule has 20 heavy (non-hydrogen) atoms. The molecule has 0 aromatic heterocycles. The maximum atomic E-state index is 12.2. The van der Waals surface area contributed by atoms with Crippen molar-refractivity contribution >= 4 is 6.09 Å². The van der Waals surface area contributed by atoms with Crippen LogP contribution in [0.1, 0.15) is 47.0 Å². The van der Waals surface area contributed by atoms with Gasteiger partial charge in [0.1, 0.15) is 5.60 Å². The monoisotopic (exact) mass is 286 g/mol. The molecule has 0 aliphatic carbocycles. The number of carbonyl (C=O) groups is 1. The van der Waals surface area contributed by atoms with Gasteiger partial charge in [0.25, 0.3) is 0 Å². The molecule has 0 aromatic carbocycles. The van der Waals surface area contributed by atoms with Gasteiger partial charge >= 0.3 is 6.09 Å². The largest absolute Gasteiger partial charge is 0.444 e. The first-order valence-corrected chi connectivity index (χ1v) is 7.45. The van der Waals surface area contributed by atoms with Gasteiger partial charge in [0.05, 0.1) is 5.60 Å². The molecule has 0 saturated carbocycles. The Bertz CT molecular complexity index is 328. The van der Waals surface area contributed by atoms with Gasteiger partial charge in [-0.15, -0.1) is 0 Å². The van der Waals surface area contributed by atoms with Crippen LogP contribution in [0, 0.1) is 5.92 Å². The fourth-order valence-corrected chi connectivity index (χ4v) is 2.73. The third kappa shape index (κ3) is 4.63. The van der Waals surface area contributed by atoms with Gasteiger partial charge < -0.3 is 20.1 Å². The van der Waals surface area contributed by atoms with Crippen LogP contribution >= 0.6 is 0 Å². The molecule has 2 N–H and O–H groups in total. The van der Waals surface area contributed by atoms with E-state index in [4.69, 9.17) is 15.2 Å². The number of nitrogens with zero attached hydrogens (tertiary/aromatic N) is 1. The summed E-state index contributed by atoms with van der Waals surface area (Å²) in [6.45, 7) is 9.78. The Morgan fingerprint density at radius 3 is 2.50 bits per heavy atom. The second-order valence-electron chi connectivity index (χ2n) is 6.82. The summed E-state index contributed by atoms with van der Waals surface area (Å²) in [5.74, 6) is 0.303. The fraction of sp³-hybridized carbons (Fsp3) is 0.933. The van der Waals surface area contributed by atoms with Crippen molar-refractivity contribution in [2.24, 2.45) is 11.7 Å². The molecule has 0 bridgehead atoms. The van der Waals surface area contributed by atoms with Gasteiger partial charge in [-0.2, -0.15) is 0 Å². The van der Waals surface area contributed by atoms with Crippen molar-refractivity contribution in [3.63, 3.8) is 0 Å². The molecule has 1 amide bonds. The SMILES string of the molecule is COC(C)(CCN)C1CCCN(C(=O)OC(C)(C)C)C1. The molecule has 5 nitrogen and oxygen atoms in total. The van der Waals surface area contributed by atoms with Crippen molar-refractivity contribution < 1.29 is 14.3 Å². The standard InChI is InChI=1S/C15H30N2O3/c1-14(2,3)20-13(18)17-10-6-7-12(11-17)15(4,19-5)8-9-16/h12H,6-11,16H2,1-5H3. The number of hydrogen-bond acceptors (Lipinski definition) is 4. The first-order chi connectivity index (χ1) is 9.22. The van der Waals surface area contributed by atoms with E-state index < -0.39 is 5.60 Å². The molecule has 1 rings (SSSR count). The lowest BCUT2D eigenvalue weighted by molar-refractivity contribution is -0.0715. The lowest BCUT2D eigenvalue weighted by atomic mass is 9.80. The summed E-state index contributed by atoms with van der Waals surface area (Å²) in [5.41, 5.74) is 4.97. The van der Waals surface area contributed by atoms with Crippen molar-refractivity contribution in [2.75, 3.05) is 26.7 Å². The van der Waals surface area contributed by atoms with Crippen LogP contribution in [0.5, 0.6) is 0 Å². The zero-order chi connectivity index (χ0) is 15.4. The topological polar surface area (TPSA) is 64.8 Å². The Labute approximate surface area is 122 Å². The maximum absolute atomic E-state index is 12.2. The predicted octanol–water partition coefficient (Wildman–Crippen LogP) is 2.39. The minimum atomic E-state index is -0.453. The van der Waals surface area contributed by atoms with E-state index in [1.165, 1.54) is 0 Å². The van der Waals surface area contributed by atoms with E-state index >= 15 is 0 Å². The van der Waals surface area contributed by atoms with E-state index in [-0.39, 0.29) is 11.7 Å². The molecule has 118 valence electrons. The van der Waals surface area contributed by atoms with Crippen LogP contribution in [0.15, 0.2) is 0 Å². The van der Waals surface area contributed by atoms with Crippen molar-refractivity contribution in [1.29, 1.82) is 0 Å².